The lowest BCUT2D eigenvalue weighted by Crippen LogP contribution is -2.40. The quantitative estimate of drug-likeness (QED) is 0.749. The van der Waals surface area contributed by atoms with Crippen LogP contribution in [0.3, 0.4) is 0 Å². The van der Waals surface area contributed by atoms with E-state index in [1.165, 1.54) is 6.07 Å². The molecule has 9 heteroatoms. The molecular weight excluding hydrogens is 337 g/mol. The van der Waals surface area contributed by atoms with Gasteiger partial charge in [-0.15, -0.1) is 0 Å². The van der Waals surface area contributed by atoms with Crippen LogP contribution >= 0.6 is 0 Å². The Labute approximate surface area is 144 Å². The molecule has 0 aliphatic heterocycles. The van der Waals surface area contributed by atoms with Crippen LogP contribution < -0.4 is 21.5 Å². The van der Waals surface area contributed by atoms with Gasteiger partial charge >= 0.3 is 6.18 Å². The third kappa shape index (κ3) is 4.90. The molecule has 2 rings (SSSR count). The molecule has 1 aromatic heterocycles. The van der Waals surface area contributed by atoms with Gasteiger partial charge in [-0.05, 0) is 38.2 Å². The van der Waals surface area contributed by atoms with Gasteiger partial charge in [0.05, 0.1) is 18.2 Å². The maximum atomic E-state index is 12.7. The van der Waals surface area contributed by atoms with Crippen molar-refractivity contribution >= 4 is 17.4 Å². The number of hydrogen-bond acceptors (Lipinski definition) is 5. The summed E-state index contributed by atoms with van der Waals surface area (Å²) in [5, 5.41) is 2.75. The highest BCUT2D eigenvalue weighted by Crippen LogP contribution is 2.37. The van der Waals surface area contributed by atoms with E-state index in [2.05, 4.69) is 10.3 Å². The van der Waals surface area contributed by atoms with E-state index >= 15 is 0 Å². The number of nitrogens with zero attached hydrogens (tertiary/aromatic N) is 1. The molecule has 1 aliphatic carbocycles. The monoisotopic (exact) mass is 360 g/mol. The molecule has 0 spiro atoms. The predicted molar refractivity (Wildman–Crippen MR) is 88.1 cm³/mol. The lowest BCUT2D eigenvalue weighted by Gasteiger charge is -2.30. The molecule has 1 aromatic rings. The van der Waals surface area contributed by atoms with Crippen LogP contribution in [0.2, 0.25) is 0 Å². The molecule has 1 heterocycles. The average Bonchev–Trinajstić information content (AvgIpc) is 2.55. The first-order valence-electron chi connectivity index (χ1n) is 8.28. The Morgan fingerprint density at radius 2 is 1.96 bits per heavy atom. The van der Waals surface area contributed by atoms with Crippen molar-refractivity contribution in [1.82, 2.24) is 10.3 Å². The molecule has 1 aliphatic rings. The minimum absolute atomic E-state index is 0.00969. The normalized spacial score (nSPS) is 21.0. The molecule has 0 saturated heterocycles. The van der Waals surface area contributed by atoms with Crippen LogP contribution in [0.25, 0.3) is 0 Å². The van der Waals surface area contributed by atoms with E-state index in [-0.39, 0.29) is 54.7 Å². The molecule has 0 radical (unpaired) electrons. The molecule has 1 saturated carbocycles. The van der Waals surface area contributed by atoms with Gasteiger partial charge in [0, 0.05) is 6.04 Å². The second-order valence-corrected chi connectivity index (χ2v) is 6.23. The van der Waals surface area contributed by atoms with E-state index in [1.807, 2.05) is 6.92 Å². The smallest absolute Gasteiger partial charge is 0.391 e. The highest BCUT2D eigenvalue weighted by molar-refractivity contribution is 5.98. The van der Waals surface area contributed by atoms with E-state index in [0.29, 0.717) is 13.0 Å². The first-order chi connectivity index (χ1) is 11.7. The van der Waals surface area contributed by atoms with Crippen LogP contribution in [-0.4, -0.2) is 29.7 Å². The highest BCUT2D eigenvalue weighted by Gasteiger charge is 2.41. The predicted octanol–water partition coefficient (Wildman–Crippen LogP) is 2.89. The number of carbonyl (C=O) groups excluding carboxylic acids is 1. The van der Waals surface area contributed by atoms with Crippen LogP contribution in [-0.2, 0) is 0 Å². The Hall–Kier alpha value is -2.19. The van der Waals surface area contributed by atoms with Gasteiger partial charge in [0.15, 0.2) is 5.82 Å². The van der Waals surface area contributed by atoms with Gasteiger partial charge in [-0.3, -0.25) is 4.79 Å². The molecular formula is C16H23F3N4O2. The third-order valence-electron chi connectivity index (χ3n) is 4.26. The van der Waals surface area contributed by atoms with Gasteiger partial charge < -0.3 is 21.5 Å². The zero-order chi connectivity index (χ0) is 18.6. The molecule has 0 bridgehead atoms. The maximum Gasteiger partial charge on any atom is 0.391 e. The number of carbonyl (C=O) groups is 1. The number of aromatic nitrogens is 1. The molecule has 5 N–H and O–H groups in total. The van der Waals surface area contributed by atoms with E-state index in [0.717, 1.165) is 0 Å². The summed E-state index contributed by atoms with van der Waals surface area (Å²) >= 11 is 0. The second-order valence-electron chi connectivity index (χ2n) is 6.23. The number of rotatable bonds is 5. The summed E-state index contributed by atoms with van der Waals surface area (Å²) in [4.78, 5) is 16.5. The Bertz CT molecular complexity index is 614. The summed E-state index contributed by atoms with van der Waals surface area (Å²) in [5.41, 5.74) is 11.6. The average molecular weight is 360 g/mol. The van der Waals surface area contributed by atoms with Gasteiger partial charge in [0.25, 0.3) is 5.91 Å². The Kier molecular flexibility index (Phi) is 5.97. The number of ether oxygens (including phenoxy) is 1. The lowest BCUT2D eigenvalue weighted by molar-refractivity contribution is -0.182. The number of hydrogen-bond donors (Lipinski definition) is 3. The molecule has 1 amide bonds. The number of nitrogens with two attached hydrogens (primary N) is 2. The number of anilines is 2. The molecule has 25 heavy (non-hydrogen) atoms. The summed E-state index contributed by atoms with van der Waals surface area (Å²) in [6.45, 7) is 2.26. The van der Waals surface area contributed by atoms with Gasteiger partial charge in [-0.1, -0.05) is 6.92 Å². The van der Waals surface area contributed by atoms with Crippen molar-refractivity contribution in [2.45, 2.75) is 51.2 Å². The molecule has 0 aromatic carbocycles. The van der Waals surface area contributed by atoms with E-state index < -0.39 is 18.0 Å². The van der Waals surface area contributed by atoms with Crippen molar-refractivity contribution in [3.63, 3.8) is 0 Å². The first-order valence-corrected chi connectivity index (χ1v) is 8.28. The van der Waals surface area contributed by atoms with Crippen LogP contribution in [0.15, 0.2) is 6.07 Å². The Balaban J connectivity index is 2.05. The second kappa shape index (κ2) is 7.79. The molecule has 140 valence electrons. The third-order valence-corrected chi connectivity index (χ3v) is 4.26. The van der Waals surface area contributed by atoms with Crippen molar-refractivity contribution in [1.29, 1.82) is 0 Å². The highest BCUT2D eigenvalue weighted by atomic mass is 19.4. The summed E-state index contributed by atoms with van der Waals surface area (Å²) in [6, 6.07) is 1.06. The van der Waals surface area contributed by atoms with Gasteiger partial charge in [-0.25, -0.2) is 0 Å². The zero-order valence-electron chi connectivity index (χ0n) is 14.0. The van der Waals surface area contributed by atoms with Crippen molar-refractivity contribution in [3.8, 4) is 5.88 Å². The van der Waals surface area contributed by atoms with Crippen LogP contribution in [0, 0.1) is 5.92 Å². The maximum absolute atomic E-state index is 12.7. The van der Waals surface area contributed by atoms with E-state index in [4.69, 9.17) is 16.2 Å². The lowest BCUT2D eigenvalue weighted by atomic mass is 9.85. The Morgan fingerprint density at radius 1 is 1.32 bits per heavy atom. The summed E-state index contributed by atoms with van der Waals surface area (Å²) in [6.07, 6.45) is -2.89. The standard InChI is InChI=1S/C16H23F3N4O2/c1-2-7-25-15-11(8-12(20)13(21)23-15)14(24)22-10-5-3-9(4-6-10)16(17,18)19/h8-10H,2-7,20H2,1H3,(H2,21,23)(H,22,24)/t9-,10-. The SMILES string of the molecule is CCCOc1nc(N)c(N)cc1C(=O)N[C@H]1CC[C@H](C(F)(F)F)CC1. The fraction of sp³-hybridized carbons (Fsp3) is 0.625. The topological polar surface area (TPSA) is 103 Å². The fourth-order valence-corrected chi connectivity index (χ4v) is 2.83. The molecule has 1 fully saturated rings. The molecule has 0 unspecified atom stereocenters. The summed E-state index contributed by atoms with van der Waals surface area (Å²) in [7, 11) is 0. The largest absolute Gasteiger partial charge is 0.477 e. The van der Waals surface area contributed by atoms with Crippen LogP contribution in [0.1, 0.15) is 49.4 Å². The summed E-state index contributed by atoms with van der Waals surface area (Å²) < 4.78 is 43.6. The van der Waals surface area contributed by atoms with E-state index in [9.17, 15) is 18.0 Å². The Morgan fingerprint density at radius 3 is 2.52 bits per heavy atom. The van der Waals surface area contributed by atoms with Gasteiger partial charge in [-0.2, -0.15) is 18.2 Å². The van der Waals surface area contributed by atoms with Crippen LogP contribution in [0.4, 0.5) is 24.7 Å². The number of amides is 1. The van der Waals surface area contributed by atoms with Crippen molar-refractivity contribution < 1.29 is 22.7 Å². The molecule has 0 atom stereocenters. The first kappa shape index (κ1) is 19.1. The minimum atomic E-state index is -4.18. The fourth-order valence-electron chi connectivity index (χ4n) is 2.83. The number of nitrogen functional groups attached to an aromatic ring is 2. The number of halogens is 3. The minimum Gasteiger partial charge on any atom is -0.477 e. The zero-order valence-corrected chi connectivity index (χ0v) is 14.0. The molecule has 6 nitrogen and oxygen atoms in total. The van der Waals surface area contributed by atoms with Gasteiger partial charge in [0.1, 0.15) is 5.56 Å². The number of alkyl halides is 3. The van der Waals surface area contributed by atoms with E-state index in [1.54, 1.807) is 0 Å². The summed E-state index contributed by atoms with van der Waals surface area (Å²) in [5.74, 6) is -1.62. The van der Waals surface area contributed by atoms with Crippen molar-refractivity contribution in [2.24, 2.45) is 5.92 Å². The van der Waals surface area contributed by atoms with Gasteiger partial charge in [0.2, 0.25) is 5.88 Å². The number of pyridine rings is 1. The van der Waals surface area contributed by atoms with Crippen molar-refractivity contribution in [3.05, 3.63) is 11.6 Å². The van der Waals surface area contributed by atoms with Crippen molar-refractivity contribution in [2.75, 3.05) is 18.1 Å². The van der Waals surface area contributed by atoms with Crippen LogP contribution in [0.5, 0.6) is 5.88 Å². The number of nitrogens with one attached hydrogen (secondary N) is 1.